The summed E-state index contributed by atoms with van der Waals surface area (Å²) in [6.45, 7) is 8.68. The van der Waals surface area contributed by atoms with Crippen LogP contribution in [0.15, 0.2) is 46.0 Å². The summed E-state index contributed by atoms with van der Waals surface area (Å²) in [5.41, 5.74) is 0.887. The Hall–Kier alpha value is -2.71. The fourth-order valence-corrected chi connectivity index (χ4v) is 3.37. The van der Waals surface area contributed by atoms with Crippen molar-refractivity contribution in [2.75, 3.05) is 65.0 Å². The molecule has 1 aromatic carbocycles. The van der Waals surface area contributed by atoms with Gasteiger partial charge in [0.05, 0.1) is 33.2 Å². The largest absolute Gasteiger partial charge is 0.493 e. The van der Waals surface area contributed by atoms with Crippen LogP contribution in [-0.4, -0.2) is 70.5 Å². The number of anilines is 1. The molecule has 0 aliphatic carbocycles. The molecule has 170 valence electrons. The molecule has 2 aromatic rings. The van der Waals surface area contributed by atoms with Gasteiger partial charge in [0.2, 0.25) is 0 Å². The number of rotatable bonds is 11. The number of ether oxygens (including phenoxy) is 3. The number of hydrogen-bond acceptors (Lipinski definition) is 6. The Morgan fingerprint density at radius 3 is 2.81 bits per heavy atom. The van der Waals surface area contributed by atoms with Crippen molar-refractivity contribution in [3.63, 3.8) is 0 Å². The standard InChI is InChI=1S/C23H34N4O4/c1-3-30-21-8-7-19(18-22(21)28-2)26-23(25-11-9-20-6-4-15-31-20)24-10-5-12-27-13-16-29-17-14-27/h4,6-8,15,18H,3,5,9-14,16-17H2,1-2H3,(H2,24,25,26). The molecule has 31 heavy (non-hydrogen) atoms. The minimum atomic E-state index is 0.591. The molecular weight excluding hydrogens is 396 g/mol. The van der Waals surface area contributed by atoms with E-state index in [1.54, 1.807) is 13.4 Å². The molecule has 0 radical (unpaired) electrons. The molecule has 0 spiro atoms. The van der Waals surface area contributed by atoms with E-state index < -0.39 is 0 Å². The molecule has 2 heterocycles. The van der Waals surface area contributed by atoms with Crippen LogP contribution in [0.3, 0.4) is 0 Å². The molecule has 2 N–H and O–H groups in total. The van der Waals surface area contributed by atoms with E-state index >= 15 is 0 Å². The SMILES string of the molecule is CCOc1ccc(NC(=NCCCN2CCOCC2)NCCc2ccco2)cc1OC. The maximum atomic E-state index is 5.61. The predicted molar refractivity (Wildman–Crippen MR) is 122 cm³/mol. The van der Waals surface area contributed by atoms with Gasteiger partial charge in [-0.25, -0.2) is 0 Å². The Bertz CT molecular complexity index is 789. The van der Waals surface area contributed by atoms with E-state index in [9.17, 15) is 0 Å². The number of aliphatic imine (C=N–C) groups is 1. The molecule has 3 rings (SSSR count). The van der Waals surface area contributed by atoms with Crippen LogP contribution in [0.25, 0.3) is 0 Å². The molecule has 0 amide bonds. The zero-order valence-corrected chi connectivity index (χ0v) is 18.6. The second kappa shape index (κ2) is 12.9. The molecular formula is C23H34N4O4. The van der Waals surface area contributed by atoms with Gasteiger partial charge in [-0.2, -0.15) is 0 Å². The zero-order valence-electron chi connectivity index (χ0n) is 18.6. The Balaban J connectivity index is 1.58. The van der Waals surface area contributed by atoms with Gasteiger partial charge in [-0.15, -0.1) is 0 Å². The van der Waals surface area contributed by atoms with Gasteiger partial charge in [0.1, 0.15) is 5.76 Å². The summed E-state index contributed by atoms with van der Waals surface area (Å²) in [7, 11) is 1.64. The third-order valence-electron chi connectivity index (χ3n) is 4.98. The van der Waals surface area contributed by atoms with Crippen LogP contribution in [0.4, 0.5) is 5.69 Å². The highest BCUT2D eigenvalue weighted by Crippen LogP contribution is 2.30. The van der Waals surface area contributed by atoms with Crippen LogP contribution in [-0.2, 0) is 11.2 Å². The van der Waals surface area contributed by atoms with E-state index in [1.165, 1.54) is 0 Å². The highest BCUT2D eigenvalue weighted by molar-refractivity contribution is 5.94. The van der Waals surface area contributed by atoms with E-state index in [-0.39, 0.29) is 0 Å². The van der Waals surface area contributed by atoms with Crippen molar-refractivity contribution in [1.82, 2.24) is 10.2 Å². The Kier molecular flexibility index (Phi) is 9.53. The van der Waals surface area contributed by atoms with E-state index in [0.29, 0.717) is 12.4 Å². The molecule has 1 fully saturated rings. The lowest BCUT2D eigenvalue weighted by Crippen LogP contribution is -2.37. The highest BCUT2D eigenvalue weighted by atomic mass is 16.5. The second-order valence-corrected chi connectivity index (χ2v) is 7.22. The first-order chi connectivity index (χ1) is 15.3. The first kappa shape index (κ1) is 23.0. The van der Waals surface area contributed by atoms with Crippen molar-refractivity contribution in [3.8, 4) is 11.5 Å². The molecule has 8 heteroatoms. The summed E-state index contributed by atoms with van der Waals surface area (Å²) < 4.78 is 21.9. The van der Waals surface area contributed by atoms with Crippen molar-refractivity contribution in [1.29, 1.82) is 0 Å². The third-order valence-corrected chi connectivity index (χ3v) is 4.98. The van der Waals surface area contributed by atoms with Gasteiger partial charge in [-0.3, -0.25) is 9.89 Å². The predicted octanol–water partition coefficient (Wildman–Crippen LogP) is 3.01. The fraction of sp³-hybridized carbons (Fsp3) is 0.522. The van der Waals surface area contributed by atoms with E-state index in [0.717, 1.165) is 81.9 Å². The van der Waals surface area contributed by atoms with E-state index in [4.69, 9.17) is 23.6 Å². The molecule has 0 bridgehead atoms. The number of hydrogen-bond donors (Lipinski definition) is 2. The number of morpholine rings is 1. The molecule has 1 aliphatic heterocycles. The van der Waals surface area contributed by atoms with Crippen molar-refractivity contribution in [2.24, 2.45) is 4.99 Å². The third kappa shape index (κ3) is 7.80. The molecule has 1 aromatic heterocycles. The van der Waals surface area contributed by atoms with Crippen LogP contribution < -0.4 is 20.1 Å². The molecule has 0 saturated carbocycles. The smallest absolute Gasteiger partial charge is 0.195 e. The summed E-state index contributed by atoms with van der Waals surface area (Å²) in [5, 5.41) is 6.78. The van der Waals surface area contributed by atoms with Crippen molar-refractivity contribution >= 4 is 11.6 Å². The summed E-state index contributed by atoms with van der Waals surface area (Å²) in [4.78, 5) is 7.19. The minimum absolute atomic E-state index is 0.591. The molecule has 0 unspecified atom stereocenters. The number of methoxy groups -OCH3 is 1. The van der Waals surface area contributed by atoms with Crippen LogP contribution in [0.1, 0.15) is 19.1 Å². The van der Waals surface area contributed by atoms with Gasteiger partial charge in [0.15, 0.2) is 17.5 Å². The summed E-state index contributed by atoms with van der Waals surface area (Å²) in [6, 6.07) is 9.67. The topological polar surface area (TPSA) is 80.5 Å². The molecule has 1 saturated heterocycles. The van der Waals surface area contributed by atoms with Gasteiger partial charge >= 0.3 is 0 Å². The first-order valence-electron chi connectivity index (χ1n) is 11.0. The maximum absolute atomic E-state index is 5.61. The number of guanidine groups is 1. The Morgan fingerprint density at radius 2 is 2.06 bits per heavy atom. The van der Waals surface area contributed by atoms with Crippen LogP contribution in [0.5, 0.6) is 11.5 Å². The summed E-state index contributed by atoms with van der Waals surface area (Å²) in [5.74, 6) is 3.10. The van der Waals surface area contributed by atoms with Crippen molar-refractivity contribution in [2.45, 2.75) is 19.8 Å². The van der Waals surface area contributed by atoms with Gasteiger partial charge in [-0.1, -0.05) is 0 Å². The lowest BCUT2D eigenvalue weighted by atomic mass is 10.2. The lowest BCUT2D eigenvalue weighted by molar-refractivity contribution is 0.0377. The number of nitrogens with zero attached hydrogens (tertiary/aromatic N) is 2. The first-order valence-corrected chi connectivity index (χ1v) is 11.0. The lowest BCUT2D eigenvalue weighted by Gasteiger charge is -2.26. The summed E-state index contributed by atoms with van der Waals surface area (Å²) >= 11 is 0. The van der Waals surface area contributed by atoms with Gasteiger partial charge in [0.25, 0.3) is 0 Å². The van der Waals surface area contributed by atoms with Gasteiger partial charge < -0.3 is 29.3 Å². The maximum Gasteiger partial charge on any atom is 0.195 e. The summed E-state index contributed by atoms with van der Waals surface area (Å²) in [6.07, 6.45) is 3.48. The van der Waals surface area contributed by atoms with Crippen LogP contribution in [0.2, 0.25) is 0 Å². The highest BCUT2D eigenvalue weighted by Gasteiger charge is 2.10. The average molecular weight is 431 g/mol. The average Bonchev–Trinajstić information content (AvgIpc) is 3.32. The van der Waals surface area contributed by atoms with E-state index in [1.807, 2.05) is 37.3 Å². The second-order valence-electron chi connectivity index (χ2n) is 7.22. The molecule has 8 nitrogen and oxygen atoms in total. The van der Waals surface area contributed by atoms with Crippen LogP contribution >= 0.6 is 0 Å². The monoisotopic (exact) mass is 430 g/mol. The normalized spacial score (nSPS) is 15.0. The number of benzene rings is 1. The quantitative estimate of drug-likeness (QED) is 0.322. The van der Waals surface area contributed by atoms with Crippen molar-refractivity contribution < 1.29 is 18.6 Å². The van der Waals surface area contributed by atoms with Crippen molar-refractivity contribution in [3.05, 3.63) is 42.4 Å². The van der Waals surface area contributed by atoms with E-state index in [2.05, 4.69) is 15.5 Å². The van der Waals surface area contributed by atoms with Crippen LogP contribution in [0, 0.1) is 0 Å². The molecule has 0 atom stereocenters. The molecule has 1 aliphatic rings. The Morgan fingerprint density at radius 1 is 1.19 bits per heavy atom. The Labute approximate surface area is 184 Å². The fourth-order valence-electron chi connectivity index (χ4n) is 3.37. The minimum Gasteiger partial charge on any atom is -0.493 e. The van der Waals surface area contributed by atoms with Gasteiger partial charge in [0, 0.05) is 50.9 Å². The number of furan rings is 1. The zero-order chi connectivity index (χ0) is 21.7. The number of nitrogens with one attached hydrogen (secondary N) is 2. The van der Waals surface area contributed by atoms with Gasteiger partial charge in [-0.05, 0) is 37.6 Å².